The monoisotopic (exact) mass is 624 g/mol. The normalized spacial score (nSPS) is 21.7. The summed E-state index contributed by atoms with van der Waals surface area (Å²) in [7, 11) is 0. The van der Waals surface area contributed by atoms with Gasteiger partial charge in [0.05, 0.1) is 35.6 Å². The molecule has 1 aromatic heterocycles. The molecule has 2 aromatic rings. The average molecular weight is 625 g/mol. The van der Waals surface area contributed by atoms with Gasteiger partial charge in [0.15, 0.2) is 6.23 Å². The van der Waals surface area contributed by atoms with E-state index in [1.807, 2.05) is 37.3 Å². The highest BCUT2D eigenvalue weighted by atomic mass is 16.6. The van der Waals surface area contributed by atoms with Crippen molar-refractivity contribution in [2.45, 2.75) is 110 Å². The molecule has 0 saturated carbocycles. The zero-order valence-corrected chi connectivity index (χ0v) is 27.4. The zero-order chi connectivity index (χ0) is 32.3. The molecule has 0 aliphatic carbocycles. The van der Waals surface area contributed by atoms with Crippen LogP contribution in [0.2, 0.25) is 0 Å². The lowest BCUT2D eigenvalue weighted by Crippen LogP contribution is -2.68. The van der Waals surface area contributed by atoms with Crippen molar-refractivity contribution in [3.8, 4) is 11.1 Å². The lowest BCUT2D eigenvalue weighted by atomic mass is 9.62. The van der Waals surface area contributed by atoms with Gasteiger partial charge in [-0.15, -0.1) is 0 Å². The van der Waals surface area contributed by atoms with Crippen LogP contribution in [-0.4, -0.2) is 59.8 Å². The van der Waals surface area contributed by atoms with Crippen molar-refractivity contribution < 1.29 is 28.9 Å². The van der Waals surface area contributed by atoms with Crippen LogP contribution in [0.1, 0.15) is 102 Å². The molecule has 3 heterocycles. The number of benzene rings is 1. The van der Waals surface area contributed by atoms with Crippen LogP contribution in [0.4, 0.5) is 0 Å². The summed E-state index contributed by atoms with van der Waals surface area (Å²) in [6.45, 7) is 7.21. The van der Waals surface area contributed by atoms with Crippen molar-refractivity contribution in [3.63, 3.8) is 0 Å². The van der Waals surface area contributed by atoms with Gasteiger partial charge in [-0.25, -0.2) is 4.79 Å². The highest BCUT2D eigenvalue weighted by molar-refractivity contribution is 5.96. The van der Waals surface area contributed by atoms with Gasteiger partial charge >= 0.3 is 11.9 Å². The number of hydrogen-bond donors (Lipinski definition) is 2. The molecule has 0 amide bonds. The van der Waals surface area contributed by atoms with Gasteiger partial charge in [0.1, 0.15) is 0 Å². The van der Waals surface area contributed by atoms with Crippen LogP contribution in [0.15, 0.2) is 47.4 Å². The molecule has 1 spiro atoms. The third-order valence-corrected chi connectivity index (χ3v) is 9.70. The van der Waals surface area contributed by atoms with Crippen LogP contribution in [0.25, 0.3) is 11.1 Å². The van der Waals surface area contributed by atoms with Crippen molar-refractivity contribution >= 4 is 11.9 Å². The Morgan fingerprint density at radius 2 is 1.73 bits per heavy atom. The second kappa shape index (κ2) is 16.5. The van der Waals surface area contributed by atoms with E-state index in [-0.39, 0.29) is 36.2 Å². The first-order valence-electron chi connectivity index (χ1n) is 17.0. The maximum Gasteiger partial charge on any atom is 0.340 e. The molecule has 248 valence electrons. The summed E-state index contributed by atoms with van der Waals surface area (Å²) in [5.74, 6) is -1.07. The molecule has 3 atom stereocenters. The van der Waals surface area contributed by atoms with E-state index in [4.69, 9.17) is 14.2 Å². The summed E-state index contributed by atoms with van der Waals surface area (Å²) in [5, 5.41) is 15.8. The summed E-state index contributed by atoms with van der Waals surface area (Å²) in [5.41, 5.74) is -1.16. The van der Waals surface area contributed by atoms with E-state index < -0.39 is 23.2 Å². The predicted molar refractivity (Wildman–Crippen MR) is 174 cm³/mol. The van der Waals surface area contributed by atoms with E-state index in [0.717, 1.165) is 24.8 Å². The van der Waals surface area contributed by atoms with Crippen LogP contribution < -0.4 is 10.9 Å². The summed E-state index contributed by atoms with van der Waals surface area (Å²) in [6, 6.07) is 10.7. The second-order valence-electron chi connectivity index (χ2n) is 12.8. The number of esters is 2. The second-order valence-corrected chi connectivity index (χ2v) is 12.8. The molecule has 2 aliphatic rings. The van der Waals surface area contributed by atoms with E-state index in [1.165, 1.54) is 48.9 Å². The topological polar surface area (TPSA) is 116 Å². The van der Waals surface area contributed by atoms with Crippen molar-refractivity contribution in [2.24, 2.45) is 11.3 Å². The first-order chi connectivity index (χ1) is 21.7. The van der Waals surface area contributed by atoms with Gasteiger partial charge in [0.25, 0.3) is 5.56 Å². The minimum atomic E-state index is -1.40. The molecule has 4 rings (SSSR count). The first-order valence-corrected chi connectivity index (χ1v) is 17.0. The largest absolute Gasteiger partial charge is 0.462 e. The third kappa shape index (κ3) is 8.43. The number of nitrogens with one attached hydrogen (secondary N) is 1. The molecular formula is C36H52N2O7. The van der Waals surface area contributed by atoms with Gasteiger partial charge < -0.3 is 23.9 Å². The fraction of sp³-hybridized carbons (Fsp3) is 0.639. The van der Waals surface area contributed by atoms with Crippen LogP contribution >= 0.6 is 0 Å². The number of carbonyl (C=O) groups excluding carboxylic acids is 2. The van der Waals surface area contributed by atoms with Gasteiger partial charge in [-0.3, -0.25) is 14.9 Å². The lowest BCUT2D eigenvalue weighted by Gasteiger charge is -2.56. The molecule has 45 heavy (non-hydrogen) atoms. The average Bonchev–Trinajstić information content (AvgIpc) is 3.04. The number of unbranched alkanes of at least 4 members (excludes halogenated alkanes) is 6. The number of aliphatic hydroxyl groups is 1. The molecule has 9 heteroatoms. The SMILES string of the molecule is CCCCCCCCCC(C)C(=O)OC1NCCC(O)(Cn2cc(C(=O)OCC)c(-c3ccccc3)cc2=O)C12CCOCC2. The molecule has 2 aliphatic heterocycles. The Bertz CT molecular complexity index is 1300. The van der Waals surface area contributed by atoms with Crippen LogP contribution in [-0.2, 0) is 25.5 Å². The highest BCUT2D eigenvalue weighted by Crippen LogP contribution is 2.49. The Labute approximate surface area is 267 Å². The van der Waals surface area contributed by atoms with E-state index in [2.05, 4.69) is 12.2 Å². The summed E-state index contributed by atoms with van der Waals surface area (Å²) in [6.07, 6.45) is 11.1. The van der Waals surface area contributed by atoms with Gasteiger partial charge in [0.2, 0.25) is 0 Å². The predicted octanol–water partition coefficient (Wildman–Crippen LogP) is 5.86. The van der Waals surface area contributed by atoms with E-state index in [1.54, 1.807) is 6.92 Å². The van der Waals surface area contributed by atoms with Gasteiger partial charge in [-0.05, 0) is 38.2 Å². The third-order valence-electron chi connectivity index (χ3n) is 9.70. The molecule has 2 N–H and O–H groups in total. The quantitative estimate of drug-likeness (QED) is 0.187. The smallest absolute Gasteiger partial charge is 0.340 e. The summed E-state index contributed by atoms with van der Waals surface area (Å²) < 4.78 is 18.6. The molecule has 9 nitrogen and oxygen atoms in total. The molecule has 2 fully saturated rings. The van der Waals surface area contributed by atoms with E-state index in [0.29, 0.717) is 44.6 Å². The Morgan fingerprint density at radius 3 is 2.42 bits per heavy atom. The number of pyridine rings is 1. The number of ether oxygens (including phenoxy) is 3. The van der Waals surface area contributed by atoms with Crippen LogP contribution in [0, 0.1) is 11.3 Å². The Morgan fingerprint density at radius 1 is 1.04 bits per heavy atom. The molecule has 3 unspecified atom stereocenters. The van der Waals surface area contributed by atoms with E-state index >= 15 is 0 Å². The van der Waals surface area contributed by atoms with Crippen molar-refractivity contribution in [3.05, 3.63) is 58.5 Å². The number of rotatable bonds is 15. The molecule has 0 bridgehead atoms. The Balaban J connectivity index is 1.55. The highest BCUT2D eigenvalue weighted by Gasteiger charge is 2.59. The first kappa shape index (κ1) is 34.9. The molecule has 0 radical (unpaired) electrons. The molecule has 1 aromatic carbocycles. The number of carbonyl (C=O) groups is 2. The number of nitrogens with zero attached hydrogens (tertiary/aromatic N) is 1. The van der Waals surface area contributed by atoms with Crippen molar-refractivity contribution in [2.75, 3.05) is 26.4 Å². The van der Waals surface area contributed by atoms with Gasteiger partial charge in [0, 0.05) is 37.6 Å². The Kier molecular flexibility index (Phi) is 12.8. The number of aromatic nitrogens is 1. The summed E-state index contributed by atoms with van der Waals surface area (Å²) >= 11 is 0. The maximum atomic E-state index is 13.6. The van der Waals surface area contributed by atoms with E-state index in [9.17, 15) is 19.5 Å². The fourth-order valence-corrected chi connectivity index (χ4v) is 6.92. The lowest BCUT2D eigenvalue weighted by molar-refractivity contribution is -0.230. The minimum Gasteiger partial charge on any atom is -0.462 e. The van der Waals surface area contributed by atoms with Crippen molar-refractivity contribution in [1.29, 1.82) is 0 Å². The number of hydrogen-bond acceptors (Lipinski definition) is 8. The van der Waals surface area contributed by atoms with Crippen molar-refractivity contribution in [1.82, 2.24) is 9.88 Å². The van der Waals surface area contributed by atoms with Crippen LogP contribution in [0.5, 0.6) is 0 Å². The Hall–Kier alpha value is -3.01. The van der Waals surface area contributed by atoms with Crippen LogP contribution in [0.3, 0.4) is 0 Å². The number of piperidine rings is 1. The molecule has 2 saturated heterocycles. The van der Waals surface area contributed by atoms with Gasteiger partial charge in [-0.1, -0.05) is 89.1 Å². The summed E-state index contributed by atoms with van der Waals surface area (Å²) in [4.78, 5) is 40.0. The zero-order valence-electron chi connectivity index (χ0n) is 27.4. The fourth-order valence-electron chi connectivity index (χ4n) is 6.92. The standard InChI is InChI=1S/C36H52N2O7/c1-4-6-7-8-9-10-12-15-27(3)32(40)45-34-35(19-22-43-23-20-35)36(42,18-21-37-34)26-38-25-30(33(41)44-5-2)29(24-31(38)39)28-16-13-11-14-17-28/h11,13-14,16-17,24-25,27,34,37,42H,4-10,12,15,18-23,26H2,1-3H3. The minimum absolute atomic E-state index is 0.0589. The van der Waals surface area contributed by atoms with Gasteiger partial charge in [-0.2, -0.15) is 0 Å². The maximum absolute atomic E-state index is 13.6. The molecular weight excluding hydrogens is 572 g/mol.